The Morgan fingerprint density at radius 1 is 1.08 bits per heavy atom. The molecule has 0 saturated heterocycles. The first-order chi connectivity index (χ1) is 11.9. The highest BCUT2D eigenvalue weighted by atomic mass is 32.2. The van der Waals surface area contributed by atoms with Gasteiger partial charge in [0.15, 0.2) is 15.7 Å². The van der Waals surface area contributed by atoms with Gasteiger partial charge in [0.1, 0.15) is 0 Å². The molecule has 1 N–H and O–H groups in total. The van der Waals surface area contributed by atoms with Crippen molar-refractivity contribution in [2.24, 2.45) is 0 Å². The molecule has 0 aliphatic carbocycles. The fourth-order valence-corrected chi connectivity index (χ4v) is 3.95. The van der Waals surface area contributed by atoms with Crippen LogP contribution in [0.25, 0.3) is 11.4 Å². The Hall–Kier alpha value is -2.25. The Labute approximate surface area is 151 Å². The van der Waals surface area contributed by atoms with E-state index >= 15 is 0 Å². The highest BCUT2D eigenvalue weighted by Crippen LogP contribution is 2.22. The monoisotopic (exact) mass is 373 g/mol. The zero-order valence-electron chi connectivity index (χ0n) is 14.1. The zero-order valence-corrected chi connectivity index (χ0v) is 15.7. The van der Waals surface area contributed by atoms with Crippen molar-refractivity contribution in [2.45, 2.75) is 19.2 Å². The van der Waals surface area contributed by atoms with Gasteiger partial charge in [0.25, 0.3) is 0 Å². The number of aromatic nitrogens is 2. The summed E-state index contributed by atoms with van der Waals surface area (Å²) in [5.74, 6) is 0.732. The van der Waals surface area contributed by atoms with E-state index < -0.39 is 9.84 Å². The number of sulfone groups is 1. The van der Waals surface area contributed by atoms with E-state index in [2.05, 4.69) is 14.7 Å². The summed E-state index contributed by atoms with van der Waals surface area (Å²) in [4.78, 5) is 4.52. The molecule has 2 aromatic carbocycles. The second-order valence-electron chi connectivity index (χ2n) is 5.98. The Bertz CT molecular complexity index is 981. The van der Waals surface area contributed by atoms with Crippen molar-refractivity contribution in [2.75, 3.05) is 11.6 Å². The van der Waals surface area contributed by atoms with Crippen molar-refractivity contribution in [3.05, 3.63) is 65.2 Å². The number of hydrogen-bond donors (Lipinski definition) is 1. The molecule has 0 aliphatic rings. The van der Waals surface area contributed by atoms with Crippen LogP contribution in [0.15, 0.2) is 48.5 Å². The van der Waals surface area contributed by atoms with Crippen LogP contribution in [-0.2, 0) is 22.1 Å². The predicted octanol–water partition coefficient (Wildman–Crippen LogP) is 3.67. The third-order valence-electron chi connectivity index (χ3n) is 3.67. The highest BCUT2D eigenvalue weighted by molar-refractivity contribution is 7.89. The summed E-state index contributed by atoms with van der Waals surface area (Å²) in [6.45, 7) is 2.54. The molecule has 0 fully saturated rings. The van der Waals surface area contributed by atoms with Crippen LogP contribution in [0.1, 0.15) is 16.7 Å². The highest BCUT2D eigenvalue weighted by Gasteiger charge is 2.10. The maximum atomic E-state index is 11.6. The zero-order chi connectivity index (χ0) is 17.9. The SMILES string of the molecule is Cc1cccc(-c2nsc(NCc3ccccc3CS(C)(=O)=O)n2)c1. The van der Waals surface area contributed by atoms with Gasteiger partial charge < -0.3 is 5.32 Å². The second-order valence-corrected chi connectivity index (χ2v) is 8.88. The van der Waals surface area contributed by atoms with Gasteiger partial charge in [-0.2, -0.15) is 9.36 Å². The van der Waals surface area contributed by atoms with Crippen LogP contribution in [0.2, 0.25) is 0 Å². The van der Waals surface area contributed by atoms with E-state index in [4.69, 9.17) is 0 Å². The predicted molar refractivity (Wildman–Crippen MR) is 102 cm³/mol. The number of anilines is 1. The van der Waals surface area contributed by atoms with Gasteiger partial charge in [-0.05, 0) is 24.1 Å². The summed E-state index contributed by atoms with van der Waals surface area (Å²) in [5.41, 5.74) is 3.90. The van der Waals surface area contributed by atoms with Crippen molar-refractivity contribution in [1.29, 1.82) is 0 Å². The topological polar surface area (TPSA) is 72.0 Å². The van der Waals surface area contributed by atoms with Crippen LogP contribution in [0, 0.1) is 6.92 Å². The Kier molecular flexibility index (Phi) is 5.15. The average molecular weight is 374 g/mol. The Morgan fingerprint density at radius 2 is 1.84 bits per heavy atom. The third-order valence-corrected chi connectivity index (χ3v) is 5.18. The van der Waals surface area contributed by atoms with E-state index in [1.54, 1.807) is 0 Å². The lowest BCUT2D eigenvalue weighted by Crippen LogP contribution is -2.07. The van der Waals surface area contributed by atoms with Crippen LogP contribution in [0.3, 0.4) is 0 Å². The minimum absolute atomic E-state index is 0.0372. The summed E-state index contributed by atoms with van der Waals surface area (Å²) in [6.07, 6.45) is 1.25. The van der Waals surface area contributed by atoms with Gasteiger partial charge in [-0.3, -0.25) is 0 Å². The number of benzene rings is 2. The van der Waals surface area contributed by atoms with Gasteiger partial charge in [0.2, 0.25) is 5.13 Å². The fraction of sp³-hybridized carbons (Fsp3) is 0.222. The molecule has 0 saturated carbocycles. The molecule has 0 radical (unpaired) electrons. The first kappa shape index (κ1) is 17.6. The quantitative estimate of drug-likeness (QED) is 0.714. The van der Waals surface area contributed by atoms with Crippen molar-refractivity contribution in [1.82, 2.24) is 9.36 Å². The van der Waals surface area contributed by atoms with Gasteiger partial charge >= 0.3 is 0 Å². The lowest BCUT2D eigenvalue weighted by molar-refractivity contribution is 0.601. The minimum Gasteiger partial charge on any atom is -0.356 e. The number of aryl methyl sites for hydroxylation is 1. The van der Waals surface area contributed by atoms with Crippen molar-refractivity contribution in [3.63, 3.8) is 0 Å². The van der Waals surface area contributed by atoms with Crippen LogP contribution in [0.4, 0.5) is 5.13 Å². The molecule has 0 spiro atoms. The molecule has 1 aromatic heterocycles. The molecular weight excluding hydrogens is 354 g/mol. The van der Waals surface area contributed by atoms with E-state index in [-0.39, 0.29) is 5.75 Å². The average Bonchev–Trinajstić information content (AvgIpc) is 3.02. The number of rotatable bonds is 6. The van der Waals surface area contributed by atoms with Crippen LogP contribution in [-0.4, -0.2) is 24.0 Å². The number of hydrogen-bond acceptors (Lipinski definition) is 6. The fourth-order valence-electron chi connectivity index (χ4n) is 2.52. The van der Waals surface area contributed by atoms with E-state index in [1.165, 1.54) is 17.8 Å². The van der Waals surface area contributed by atoms with Gasteiger partial charge in [0.05, 0.1) is 5.75 Å². The molecule has 7 heteroatoms. The standard InChI is InChI=1S/C18H19N3O2S2/c1-13-6-5-9-14(10-13)17-20-18(24-21-17)19-11-15-7-3-4-8-16(15)12-25(2,22)23/h3-10H,11-12H2,1-2H3,(H,19,20,21). The Morgan fingerprint density at radius 3 is 2.56 bits per heavy atom. The molecule has 0 amide bonds. The molecule has 3 rings (SSSR count). The van der Waals surface area contributed by atoms with E-state index in [9.17, 15) is 8.42 Å². The first-order valence-corrected chi connectivity index (χ1v) is 10.6. The van der Waals surface area contributed by atoms with Gasteiger partial charge in [-0.15, -0.1) is 0 Å². The molecule has 0 bridgehead atoms. The van der Waals surface area contributed by atoms with E-state index in [0.29, 0.717) is 17.5 Å². The molecule has 0 atom stereocenters. The minimum atomic E-state index is -3.07. The largest absolute Gasteiger partial charge is 0.356 e. The lowest BCUT2D eigenvalue weighted by atomic mass is 10.1. The smallest absolute Gasteiger partial charge is 0.203 e. The third kappa shape index (κ3) is 4.87. The molecule has 5 nitrogen and oxygen atoms in total. The van der Waals surface area contributed by atoms with Crippen LogP contribution in [0.5, 0.6) is 0 Å². The molecular formula is C18H19N3O2S2. The molecule has 0 unspecified atom stereocenters. The van der Waals surface area contributed by atoms with E-state index in [1.807, 2.05) is 55.5 Å². The summed E-state index contributed by atoms with van der Waals surface area (Å²) in [7, 11) is -3.07. The summed E-state index contributed by atoms with van der Waals surface area (Å²) in [6, 6.07) is 15.6. The maximum absolute atomic E-state index is 11.6. The lowest BCUT2D eigenvalue weighted by Gasteiger charge is -2.09. The summed E-state index contributed by atoms with van der Waals surface area (Å²) >= 11 is 1.30. The van der Waals surface area contributed by atoms with Crippen molar-refractivity contribution in [3.8, 4) is 11.4 Å². The normalized spacial score (nSPS) is 11.4. The summed E-state index contributed by atoms with van der Waals surface area (Å²) < 4.78 is 27.5. The molecule has 130 valence electrons. The van der Waals surface area contributed by atoms with Crippen LogP contribution < -0.4 is 5.32 Å². The number of nitrogens with zero attached hydrogens (tertiary/aromatic N) is 2. The molecule has 0 aliphatic heterocycles. The van der Waals surface area contributed by atoms with Crippen LogP contribution >= 0.6 is 11.5 Å². The molecule has 3 aromatic rings. The number of nitrogens with one attached hydrogen (secondary N) is 1. The van der Waals surface area contributed by atoms with Gasteiger partial charge in [-0.1, -0.05) is 48.0 Å². The molecule has 1 heterocycles. The maximum Gasteiger partial charge on any atom is 0.203 e. The van der Waals surface area contributed by atoms with Gasteiger partial charge in [0, 0.05) is 29.9 Å². The first-order valence-electron chi connectivity index (χ1n) is 7.80. The van der Waals surface area contributed by atoms with Gasteiger partial charge in [-0.25, -0.2) is 8.42 Å². The van der Waals surface area contributed by atoms with Crippen molar-refractivity contribution >= 4 is 26.5 Å². The summed E-state index contributed by atoms with van der Waals surface area (Å²) in [5, 5.41) is 3.96. The molecule has 25 heavy (non-hydrogen) atoms. The van der Waals surface area contributed by atoms with E-state index in [0.717, 1.165) is 22.3 Å². The van der Waals surface area contributed by atoms with Crippen molar-refractivity contribution < 1.29 is 8.42 Å². The Balaban J connectivity index is 1.73. The second kappa shape index (κ2) is 7.33.